The molecule has 94 valence electrons. The van der Waals surface area contributed by atoms with Gasteiger partial charge in [0.25, 0.3) is 0 Å². The van der Waals surface area contributed by atoms with Gasteiger partial charge in [0.1, 0.15) is 6.61 Å². The number of benzene rings is 1. The molecule has 1 aromatic carbocycles. The molecule has 17 heavy (non-hydrogen) atoms. The molecule has 3 nitrogen and oxygen atoms in total. The van der Waals surface area contributed by atoms with Crippen molar-refractivity contribution in [2.45, 2.75) is 32.0 Å². The van der Waals surface area contributed by atoms with Crippen molar-refractivity contribution in [1.29, 1.82) is 0 Å². The van der Waals surface area contributed by atoms with E-state index < -0.39 is 11.9 Å². The number of rotatable bonds is 4. The zero-order valence-electron chi connectivity index (χ0n) is 9.86. The Bertz CT molecular complexity index is 373. The normalized spacial score (nSPS) is 21.5. The lowest BCUT2D eigenvalue weighted by atomic mass is 10.1. The summed E-state index contributed by atoms with van der Waals surface area (Å²) in [7, 11) is 0. The summed E-state index contributed by atoms with van der Waals surface area (Å²) in [5, 5.41) is 9.31. The molecular weight excluding hydrogens is 223 g/mol. The van der Waals surface area contributed by atoms with Crippen LogP contribution in [0.15, 0.2) is 18.2 Å². The molecule has 2 atom stereocenters. The number of aliphatic hydroxyl groups excluding tert-OH is 1. The zero-order chi connectivity index (χ0) is 12.3. The van der Waals surface area contributed by atoms with Gasteiger partial charge in [-0.1, -0.05) is 6.07 Å². The van der Waals surface area contributed by atoms with Crippen LogP contribution in [-0.4, -0.2) is 24.4 Å². The quantitative estimate of drug-likeness (QED) is 0.878. The molecule has 1 unspecified atom stereocenters. The van der Waals surface area contributed by atoms with E-state index in [9.17, 15) is 9.50 Å². The molecular formula is C13H17FO3. The van der Waals surface area contributed by atoms with Crippen LogP contribution in [0.1, 0.15) is 31.4 Å². The second-order valence-corrected chi connectivity index (χ2v) is 4.31. The van der Waals surface area contributed by atoms with Gasteiger partial charge in [0.2, 0.25) is 0 Å². The Morgan fingerprint density at radius 3 is 3.00 bits per heavy atom. The molecule has 1 aliphatic rings. The maximum Gasteiger partial charge on any atom is 0.165 e. The van der Waals surface area contributed by atoms with Crippen molar-refractivity contribution in [2.75, 3.05) is 13.2 Å². The Morgan fingerprint density at radius 2 is 2.41 bits per heavy atom. The van der Waals surface area contributed by atoms with Crippen LogP contribution < -0.4 is 4.74 Å². The molecule has 0 radical (unpaired) electrons. The summed E-state index contributed by atoms with van der Waals surface area (Å²) in [5.74, 6) is -0.230. The molecule has 0 bridgehead atoms. The number of ether oxygens (including phenoxy) is 2. The van der Waals surface area contributed by atoms with Crippen molar-refractivity contribution >= 4 is 0 Å². The maximum atomic E-state index is 13.6. The van der Waals surface area contributed by atoms with E-state index in [1.165, 1.54) is 6.07 Å². The van der Waals surface area contributed by atoms with Crippen LogP contribution in [0.5, 0.6) is 5.75 Å². The highest BCUT2D eigenvalue weighted by molar-refractivity contribution is 5.30. The minimum Gasteiger partial charge on any atom is -0.488 e. The van der Waals surface area contributed by atoms with E-state index in [2.05, 4.69) is 0 Å². The highest BCUT2D eigenvalue weighted by Crippen LogP contribution is 2.23. The minimum atomic E-state index is -0.670. The summed E-state index contributed by atoms with van der Waals surface area (Å²) in [6.45, 7) is 2.74. The number of aliphatic hydroxyl groups is 1. The van der Waals surface area contributed by atoms with Crippen LogP contribution >= 0.6 is 0 Å². The van der Waals surface area contributed by atoms with Gasteiger partial charge < -0.3 is 14.6 Å². The standard InChI is InChI=1S/C13H17FO3/c1-9(15)10-4-5-13(12(14)7-10)17-8-11-3-2-6-16-11/h4-5,7,9,11,15H,2-3,6,8H2,1H3/t9-,11?/m0/s1. The third-order valence-electron chi connectivity index (χ3n) is 2.89. The zero-order valence-corrected chi connectivity index (χ0v) is 9.86. The monoisotopic (exact) mass is 240 g/mol. The second-order valence-electron chi connectivity index (χ2n) is 4.31. The molecule has 0 amide bonds. The molecule has 0 spiro atoms. The van der Waals surface area contributed by atoms with Gasteiger partial charge in [-0.25, -0.2) is 4.39 Å². The number of halogens is 1. The highest BCUT2D eigenvalue weighted by Gasteiger charge is 2.17. The SMILES string of the molecule is C[C@H](O)c1ccc(OCC2CCCO2)c(F)c1. The lowest BCUT2D eigenvalue weighted by Crippen LogP contribution is -2.16. The van der Waals surface area contributed by atoms with Crippen LogP contribution in [-0.2, 0) is 4.74 Å². The molecule has 0 aliphatic carbocycles. The van der Waals surface area contributed by atoms with Crippen molar-refractivity contribution in [1.82, 2.24) is 0 Å². The van der Waals surface area contributed by atoms with Crippen LogP contribution in [0.2, 0.25) is 0 Å². The largest absolute Gasteiger partial charge is 0.488 e. The van der Waals surface area contributed by atoms with Crippen molar-refractivity contribution < 1.29 is 19.0 Å². The lowest BCUT2D eigenvalue weighted by molar-refractivity contribution is 0.0665. The molecule has 1 N–H and O–H groups in total. The van der Waals surface area contributed by atoms with E-state index in [-0.39, 0.29) is 11.9 Å². The summed E-state index contributed by atoms with van der Waals surface area (Å²) in [5.41, 5.74) is 0.548. The first kappa shape index (κ1) is 12.3. The maximum absolute atomic E-state index is 13.6. The van der Waals surface area contributed by atoms with Gasteiger partial charge in [-0.15, -0.1) is 0 Å². The fourth-order valence-electron chi connectivity index (χ4n) is 1.85. The highest BCUT2D eigenvalue weighted by atomic mass is 19.1. The van der Waals surface area contributed by atoms with Gasteiger partial charge >= 0.3 is 0 Å². The molecule has 0 saturated carbocycles. The van der Waals surface area contributed by atoms with E-state index in [4.69, 9.17) is 9.47 Å². The molecule has 1 heterocycles. The van der Waals surface area contributed by atoms with Crippen molar-refractivity contribution in [2.24, 2.45) is 0 Å². The third-order valence-corrected chi connectivity index (χ3v) is 2.89. The van der Waals surface area contributed by atoms with Crippen LogP contribution in [0.4, 0.5) is 4.39 Å². The summed E-state index contributed by atoms with van der Waals surface area (Å²) in [4.78, 5) is 0. The predicted molar refractivity (Wildman–Crippen MR) is 61.5 cm³/mol. The van der Waals surface area contributed by atoms with Gasteiger partial charge in [0.05, 0.1) is 12.2 Å². The molecule has 0 aromatic heterocycles. The second kappa shape index (κ2) is 5.47. The molecule has 1 fully saturated rings. The van der Waals surface area contributed by atoms with E-state index in [1.54, 1.807) is 19.1 Å². The van der Waals surface area contributed by atoms with E-state index >= 15 is 0 Å². The first-order chi connectivity index (χ1) is 8.16. The van der Waals surface area contributed by atoms with Crippen molar-refractivity contribution in [3.05, 3.63) is 29.6 Å². The van der Waals surface area contributed by atoms with E-state index in [0.717, 1.165) is 19.4 Å². The smallest absolute Gasteiger partial charge is 0.165 e. The van der Waals surface area contributed by atoms with Gasteiger partial charge in [-0.3, -0.25) is 0 Å². The molecule has 1 aliphatic heterocycles. The van der Waals surface area contributed by atoms with Gasteiger partial charge in [0, 0.05) is 6.61 Å². The first-order valence-corrected chi connectivity index (χ1v) is 5.88. The topological polar surface area (TPSA) is 38.7 Å². The third kappa shape index (κ3) is 3.17. The number of hydrogen-bond acceptors (Lipinski definition) is 3. The van der Waals surface area contributed by atoms with Crippen LogP contribution in [0.25, 0.3) is 0 Å². The predicted octanol–water partition coefficient (Wildman–Crippen LogP) is 2.44. The minimum absolute atomic E-state index is 0.0749. The Hall–Kier alpha value is -1.13. The van der Waals surface area contributed by atoms with Gasteiger partial charge in [-0.2, -0.15) is 0 Å². The Kier molecular flexibility index (Phi) is 3.97. The summed E-state index contributed by atoms with van der Waals surface area (Å²) in [6.07, 6.45) is 1.41. The lowest BCUT2D eigenvalue weighted by Gasteiger charge is -2.13. The molecule has 4 heteroatoms. The Morgan fingerprint density at radius 1 is 1.59 bits per heavy atom. The molecule has 1 saturated heterocycles. The number of hydrogen-bond donors (Lipinski definition) is 1. The fourth-order valence-corrected chi connectivity index (χ4v) is 1.85. The Labute approximate surface area is 100 Å². The van der Waals surface area contributed by atoms with Gasteiger partial charge in [0.15, 0.2) is 11.6 Å². The fraction of sp³-hybridized carbons (Fsp3) is 0.538. The van der Waals surface area contributed by atoms with E-state index in [1.807, 2.05) is 0 Å². The average molecular weight is 240 g/mol. The van der Waals surface area contributed by atoms with E-state index in [0.29, 0.717) is 12.2 Å². The van der Waals surface area contributed by atoms with Crippen LogP contribution in [0.3, 0.4) is 0 Å². The molecule has 2 rings (SSSR count). The van der Waals surface area contributed by atoms with Crippen molar-refractivity contribution in [3.8, 4) is 5.75 Å². The summed E-state index contributed by atoms with van der Waals surface area (Å²) >= 11 is 0. The van der Waals surface area contributed by atoms with Crippen molar-refractivity contribution in [3.63, 3.8) is 0 Å². The Balaban J connectivity index is 1.96. The van der Waals surface area contributed by atoms with Crippen LogP contribution in [0, 0.1) is 5.82 Å². The molecule has 1 aromatic rings. The average Bonchev–Trinajstić information content (AvgIpc) is 2.80. The van der Waals surface area contributed by atoms with Gasteiger partial charge in [-0.05, 0) is 37.5 Å². The summed E-state index contributed by atoms with van der Waals surface area (Å²) < 4.78 is 24.4. The summed E-state index contributed by atoms with van der Waals surface area (Å²) in [6, 6.07) is 4.51. The first-order valence-electron chi connectivity index (χ1n) is 5.88.